The fraction of sp³-hybridized carbons (Fsp3) is 0.400. The number of nitrogens with one attached hydrogen (secondary N) is 1. The Labute approximate surface area is 95.9 Å². The molecule has 0 fully saturated rings. The number of nitrogens with two attached hydrogens (primary N) is 2. The van der Waals surface area contributed by atoms with Gasteiger partial charge in [-0.05, 0) is 37.1 Å². The maximum absolute atomic E-state index is 10.7. The topological polar surface area (TPSA) is 98.2 Å². The summed E-state index contributed by atoms with van der Waals surface area (Å²) in [6.07, 6.45) is 0.479. The average Bonchev–Trinajstić information content (AvgIpc) is 2.09. The Bertz CT molecular complexity index is 437. The van der Waals surface area contributed by atoms with Gasteiger partial charge in [0.2, 0.25) is 10.0 Å². The summed E-state index contributed by atoms with van der Waals surface area (Å²) in [7, 11) is -3.36. The summed E-state index contributed by atoms with van der Waals surface area (Å²) in [5, 5.41) is 7.99. The summed E-state index contributed by atoms with van der Waals surface area (Å²) in [5.74, 6) is -0.0126. The molecule has 5 N–H and O–H groups in total. The summed E-state index contributed by atoms with van der Waals surface area (Å²) in [5.41, 5.74) is 8.33. The van der Waals surface area contributed by atoms with Crippen LogP contribution >= 0.6 is 0 Å². The summed E-state index contributed by atoms with van der Waals surface area (Å²) >= 11 is 0. The highest BCUT2D eigenvalue weighted by molar-refractivity contribution is 7.89. The minimum absolute atomic E-state index is 0.0126. The molecule has 0 aliphatic rings. The molecule has 16 heavy (non-hydrogen) atoms. The third kappa shape index (κ3) is 4.99. The molecule has 90 valence electrons. The van der Waals surface area contributed by atoms with Gasteiger partial charge in [0, 0.05) is 17.9 Å². The van der Waals surface area contributed by atoms with Gasteiger partial charge in [-0.15, -0.1) is 0 Å². The number of hydrogen-bond donors (Lipinski definition) is 3. The molecule has 1 aromatic carbocycles. The number of nitrogen functional groups attached to an aromatic ring is 1. The molecule has 0 bridgehead atoms. The van der Waals surface area contributed by atoms with Crippen LogP contribution in [0.3, 0.4) is 0 Å². The second-order valence-electron chi connectivity index (χ2n) is 3.78. The predicted molar refractivity (Wildman–Crippen MR) is 66.7 cm³/mol. The van der Waals surface area contributed by atoms with Gasteiger partial charge < -0.3 is 11.1 Å². The van der Waals surface area contributed by atoms with Crippen molar-refractivity contribution in [1.82, 2.24) is 0 Å². The zero-order chi connectivity index (χ0) is 12.2. The number of rotatable bonds is 5. The van der Waals surface area contributed by atoms with Gasteiger partial charge in [0.15, 0.2) is 0 Å². The molecule has 1 aromatic rings. The van der Waals surface area contributed by atoms with Crippen LogP contribution in [0.25, 0.3) is 0 Å². The van der Waals surface area contributed by atoms with Gasteiger partial charge >= 0.3 is 0 Å². The Balaban J connectivity index is 2.43. The molecule has 6 heteroatoms. The molecular weight excluding hydrogens is 226 g/mol. The maximum atomic E-state index is 10.7. The third-order valence-corrected chi connectivity index (χ3v) is 2.89. The minimum atomic E-state index is -3.36. The fourth-order valence-corrected chi connectivity index (χ4v) is 1.97. The van der Waals surface area contributed by atoms with Crippen molar-refractivity contribution in [2.45, 2.75) is 13.3 Å². The van der Waals surface area contributed by atoms with Gasteiger partial charge in [-0.2, -0.15) is 0 Å². The molecule has 0 heterocycles. The lowest BCUT2D eigenvalue weighted by molar-refractivity contribution is 0.596. The molecule has 5 nitrogen and oxygen atoms in total. The Morgan fingerprint density at radius 2 is 2.00 bits per heavy atom. The first-order valence-corrected chi connectivity index (χ1v) is 6.70. The van der Waals surface area contributed by atoms with E-state index in [0.29, 0.717) is 18.7 Å². The standard InChI is InChI=1S/C10H17N3O2S/c1-8-5-9(11)7-10(6-8)13-3-2-4-16(12,14)15/h5-7,13H,2-4,11H2,1H3,(H2,12,14,15). The summed E-state index contributed by atoms with van der Waals surface area (Å²) in [6, 6.07) is 5.63. The van der Waals surface area contributed by atoms with Crippen molar-refractivity contribution < 1.29 is 8.42 Å². The van der Waals surface area contributed by atoms with E-state index >= 15 is 0 Å². The van der Waals surface area contributed by atoms with Crippen molar-refractivity contribution in [3.63, 3.8) is 0 Å². The fourth-order valence-electron chi connectivity index (χ4n) is 1.42. The molecule has 0 spiro atoms. The van der Waals surface area contributed by atoms with Gasteiger partial charge in [-0.1, -0.05) is 0 Å². The van der Waals surface area contributed by atoms with Crippen LogP contribution in [0.5, 0.6) is 0 Å². The number of primary sulfonamides is 1. The first kappa shape index (κ1) is 12.8. The largest absolute Gasteiger partial charge is 0.399 e. The lowest BCUT2D eigenvalue weighted by Gasteiger charge is -2.07. The van der Waals surface area contributed by atoms with Crippen LogP contribution in [0.4, 0.5) is 11.4 Å². The highest BCUT2D eigenvalue weighted by atomic mass is 32.2. The Hall–Kier alpha value is -1.27. The van der Waals surface area contributed by atoms with Crippen molar-refractivity contribution in [2.75, 3.05) is 23.3 Å². The number of benzene rings is 1. The molecular formula is C10H17N3O2S. The molecule has 0 aliphatic carbocycles. The van der Waals surface area contributed by atoms with Gasteiger partial charge in [0.25, 0.3) is 0 Å². The van der Waals surface area contributed by atoms with Gasteiger partial charge in [0.1, 0.15) is 0 Å². The lowest BCUT2D eigenvalue weighted by Crippen LogP contribution is -2.18. The van der Waals surface area contributed by atoms with Crippen LogP contribution in [0.1, 0.15) is 12.0 Å². The van der Waals surface area contributed by atoms with Crippen LogP contribution < -0.4 is 16.2 Å². The summed E-state index contributed by atoms with van der Waals surface area (Å²) in [4.78, 5) is 0. The average molecular weight is 243 g/mol. The first-order valence-electron chi connectivity index (χ1n) is 4.98. The molecule has 0 aliphatic heterocycles. The van der Waals surface area contributed by atoms with Crippen LogP contribution in [0.15, 0.2) is 18.2 Å². The van der Waals surface area contributed by atoms with Crippen molar-refractivity contribution >= 4 is 21.4 Å². The Morgan fingerprint density at radius 1 is 1.31 bits per heavy atom. The highest BCUT2D eigenvalue weighted by Crippen LogP contribution is 2.15. The molecule has 0 amide bonds. The van der Waals surface area contributed by atoms with E-state index in [1.165, 1.54) is 0 Å². The Kier molecular flexibility index (Phi) is 4.14. The van der Waals surface area contributed by atoms with Crippen molar-refractivity contribution in [2.24, 2.45) is 5.14 Å². The molecule has 0 aromatic heterocycles. The van der Waals surface area contributed by atoms with E-state index in [4.69, 9.17) is 10.9 Å². The van der Waals surface area contributed by atoms with Crippen LogP contribution in [0.2, 0.25) is 0 Å². The van der Waals surface area contributed by atoms with Crippen molar-refractivity contribution in [1.29, 1.82) is 0 Å². The lowest BCUT2D eigenvalue weighted by atomic mass is 10.2. The van der Waals surface area contributed by atoms with Gasteiger partial charge in [-0.3, -0.25) is 0 Å². The number of hydrogen-bond acceptors (Lipinski definition) is 4. The highest BCUT2D eigenvalue weighted by Gasteiger charge is 2.01. The van der Waals surface area contributed by atoms with Crippen LogP contribution in [-0.4, -0.2) is 20.7 Å². The van der Waals surface area contributed by atoms with Crippen molar-refractivity contribution in [3.05, 3.63) is 23.8 Å². The van der Waals surface area contributed by atoms with Gasteiger partial charge in [-0.25, -0.2) is 13.6 Å². The molecule has 1 rings (SSSR count). The predicted octanol–water partition coefficient (Wildman–Crippen LogP) is 0.668. The molecule has 0 atom stereocenters. The molecule has 0 unspecified atom stereocenters. The third-order valence-electron chi connectivity index (χ3n) is 2.03. The zero-order valence-corrected chi connectivity index (χ0v) is 10.0. The Morgan fingerprint density at radius 3 is 2.56 bits per heavy atom. The second kappa shape index (κ2) is 5.18. The molecule has 0 saturated heterocycles. The minimum Gasteiger partial charge on any atom is -0.399 e. The van der Waals surface area contributed by atoms with Crippen molar-refractivity contribution in [3.8, 4) is 0 Å². The van der Waals surface area contributed by atoms with E-state index in [0.717, 1.165) is 11.3 Å². The van der Waals surface area contributed by atoms with Gasteiger partial charge in [0.05, 0.1) is 5.75 Å². The van der Waals surface area contributed by atoms with E-state index in [2.05, 4.69) is 5.32 Å². The molecule has 0 saturated carbocycles. The van der Waals surface area contributed by atoms with Crippen LogP contribution in [0, 0.1) is 6.92 Å². The zero-order valence-electron chi connectivity index (χ0n) is 9.23. The monoisotopic (exact) mass is 243 g/mol. The quantitative estimate of drug-likeness (QED) is 0.523. The SMILES string of the molecule is Cc1cc(N)cc(NCCCS(N)(=O)=O)c1. The number of aryl methyl sites for hydroxylation is 1. The smallest absolute Gasteiger partial charge is 0.209 e. The second-order valence-corrected chi connectivity index (χ2v) is 5.51. The number of anilines is 2. The van der Waals surface area contributed by atoms with E-state index < -0.39 is 10.0 Å². The molecule has 0 radical (unpaired) electrons. The first-order chi connectivity index (χ1) is 7.37. The normalized spacial score (nSPS) is 11.4. The van der Waals surface area contributed by atoms with E-state index in [-0.39, 0.29) is 5.75 Å². The van der Waals surface area contributed by atoms with Crippen LogP contribution in [-0.2, 0) is 10.0 Å². The number of sulfonamides is 1. The summed E-state index contributed by atoms with van der Waals surface area (Å²) < 4.78 is 21.4. The van der Waals surface area contributed by atoms with E-state index in [1.807, 2.05) is 25.1 Å². The van der Waals surface area contributed by atoms with E-state index in [9.17, 15) is 8.42 Å². The summed E-state index contributed by atoms with van der Waals surface area (Å²) in [6.45, 7) is 2.51. The van der Waals surface area contributed by atoms with E-state index in [1.54, 1.807) is 0 Å². The maximum Gasteiger partial charge on any atom is 0.209 e.